The van der Waals surface area contributed by atoms with E-state index in [1.54, 1.807) is 0 Å². The minimum absolute atomic E-state index is 0. The first-order valence-corrected chi connectivity index (χ1v) is 8.74. The molecule has 0 N–H and O–H groups in total. The van der Waals surface area contributed by atoms with Gasteiger partial charge in [-0.15, -0.1) is 29.1 Å². The van der Waals surface area contributed by atoms with Crippen molar-refractivity contribution in [1.29, 1.82) is 0 Å². The van der Waals surface area contributed by atoms with Gasteiger partial charge < -0.3 is 7.43 Å². The summed E-state index contributed by atoms with van der Waals surface area (Å²) in [4.78, 5) is 4.86. The van der Waals surface area contributed by atoms with E-state index in [1.807, 2.05) is 12.1 Å². The van der Waals surface area contributed by atoms with Gasteiger partial charge in [0.2, 0.25) is 0 Å². The van der Waals surface area contributed by atoms with Gasteiger partial charge in [0.05, 0.1) is 5.52 Å². The van der Waals surface area contributed by atoms with Gasteiger partial charge in [0.15, 0.2) is 0 Å². The van der Waals surface area contributed by atoms with Crippen molar-refractivity contribution in [3.63, 3.8) is 0 Å². The topological polar surface area (TPSA) is 12.9 Å². The van der Waals surface area contributed by atoms with Crippen molar-refractivity contribution in [1.82, 2.24) is 4.98 Å². The van der Waals surface area contributed by atoms with Gasteiger partial charge in [0.25, 0.3) is 0 Å². The van der Waals surface area contributed by atoms with Gasteiger partial charge >= 0.3 is 0 Å². The molecule has 0 fully saturated rings. The fraction of sp³-hybridized carbons (Fsp3) is 0. The zero-order valence-electron chi connectivity index (χ0n) is 15.5. The molecule has 0 spiro atoms. The SMILES string of the molecule is [CH3-].[Ir].[c-]1cc2ccccc2cc1-c1ccc2cc(-c3ccccc3)ccc2n1. The molecule has 2 heteroatoms. The van der Waals surface area contributed by atoms with Crippen molar-refractivity contribution < 1.29 is 20.1 Å². The molecule has 0 amide bonds. The van der Waals surface area contributed by atoms with E-state index in [9.17, 15) is 0 Å². The maximum absolute atomic E-state index is 4.86. The van der Waals surface area contributed by atoms with Crippen molar-refractivity contribution in [2.45, 2.75) is 0 Å². The Morgan fingerprint density at radius 3 is 2.18 bits per heavy atom. The van der Waals surface area contributed by atoms with Gasteiger partial charge in [0, 0.05) is 20.1 Å². The average molecular weight is 538 g/mol. The zero-order chi connectivity index (χ0) is 17.3. The van der Waals surface area contributed by atoms with Crippen LogP contribution in [0.25, 0.3) is 44.1 Å². The minimum atomic E-state index is 0. The van der Waals surface area contributed by atoms with Gasteiger partial charge in [0.1, 0.15) is 0 Å². The third-order valence-electron chi connectivity index (χ3n) is 4.75. The van der Waals surface area contributed by atoms with Gasteiger partial charge in [-0.1, -0.05) is 78.2 Å². The Labute approximate surface area is 179 Å². The summed E-state index contributed by atoms with van der Waals surface area (Å²) in [5, 5.41) is 3.56. The minimum Gasteiger partial charge on any atom is -0.358 e. The molecule has 1 radical (unpaired) electrons. The van der Waals surface area contributed by atoms with Gasteiger partial charge in [-0.05, 0) is 34.3 Å². The van der Waals surface area contributed by atoms with Crippen LogP contribution in [0.1, 0.15) is 0 Å². The van der Waals surface area contributed by atoms with Crippen LogP contribution in [0.5, 0.6) is 0 Å². The normalized spacial score (nSPS) is 10.3. The number of benzene rings is 4. The quantitative estimate of drug-likeness (QED) is 0.222. The molecule has 139 valence electrons. The standard InChI is InChI=1S/C25H16N.CH3.Ir/c1-2-6-18(7-3-1)21-12-14-24-23(17-21)13-15-25(26-24)22-11-10-19-8-4-5-9-20(19)16-22;;/h1-10,12-17H;1H3;/q2*-1;. The van der Waals surface area contributed by atoms with Crippen molar-refractivity contribution in [2.24, 2.45) is 0 Å². The van der Waals surface area contributed by atoms with Gasteiger partial charge in [-0.2, -0.15) is 0 Å². The van der Waals surface area contributed by atoms with Crippen molar-refractivity contribution in [2.75, 3.05) is 0 Å². The molecular formula is C26H19IrN-2. The molecule has 28 heavy (non-hydrogen) atoms. The predicted octanol–water partition coefficient (Wildman–Crippen LogP) is 6.97. The molecule has 0 saturated carbocycles. The second-order valence-electron chi connectivity index (χ2n) is 6.45. The first kappa shape index (κ1) is 19.9. The molecule has 0 unspecified atom stereocenters. The Kier molecular flexibility index (Phi) is 6.04. The largest absolute Gasteiger partial charge is 0.358 e. The third-order valence-corrected chi connectivity index (χ3v) is 4.75. The molecule has 1 heterocycles. The van der Waals surface area contributed by atoms with E-state index in [0.717, 1.165) is 22.2 Å². The van der Waals surface area contributed by atoms with Crippen LogP contribution < -0.4 is 0 Å². The van der Waals surface area contributed by atoms with E-state index in [2.05, 4.69) is 91.0 Å². The summed E-state index contributed by atoms with van der Waals surface area (Å²) in [5.41, 5.74) is 5.42. The fourth-order valence-electron chi connectivity index (χ4n) is 3.36. The second kappa shape index (κ2) is 8.48. The number of hydrogen-bond donors (Lipinski definition) is 0. The molecule has 1 nitrogen and oxygen atoms in total. The number of rotatable bonds is 2. The molecular weight excluding hydrogens is 519 g/mol. The Morgan fingerprint density at radius 2 is 1.36 bits per heavy atom. The van der Waals surface area contributed by atoms with Crippen molar-refractivity contribution in [3.8, 4) is 22.4 Å². The van der Waals surface area contributed by atoms with Crippen LogP contribution in [0, 0.1) is 13.5 Å². The van der Waals surface area contributed by atoms with Gasteiger partial charge in [-0.3, -0.25) is 4.98 Å². The van der Waals surface area contributed by atoms with Crippen LogP contribution in [0.2, 0.25) is 0 Å². The Balaban J connectivity index is 0.00000112. The van der Waals surface area contributed by atoms with E-state index >= 15 is 0 Å². The molecule has 0 saturated heterocycles. The molecule has 4 aromatic carbocycles. The van der Waals surface area contributed by atoms with Crippen LogP contribution >= 0.6 is 0 Å². The summed E-state index contributed by atoms with van der Waals surface area (Å²) >= 11 is 0. The number of nitrogens with zero attached hydrogens (tertiary/aromatic N) is 1. The number of fused-ring (bicyclic) bond motifs is 2. The third kappa shape index (κ3) is 3.75. The summed E-state index contributed by atoms with van der Waals surface area (Å²) in [7, 11) is 0. The molecule has 0 aliphatic rings. The van der Waals surface area contributed by atoms with Crippen molar-refractivity contribution >= 4 is 21.7 Å². The molecule has 0 aliphatic heterocycles. The Morgan fingerprint density at radius 1 is 0.607 bits per heavy atom. The maximum Gasteiger partial charge on any atom is 0.0595 e. The smallest absolute Gasteiger partial charge is 0.0595 e. The van der Waals surface area contributed by atoms with Crippen LogP contribution in [0.15, 0.2) is 97.1 Å². The van der Waals surface area contributed by atoms with E-state index < -0.39 is 0 Å². The Hall–Kier alpha value is -2.80. The summed E-state index contributed by atoms with van der Waals surface area (Å²) in [6.07, 6.45) is 0. The van der Waals surface area contributed by atoms with E-state index in [1.165, 1.54) is 21.9 Å². The van der Waals surface area contributed by atoms with E-state index in [-0.39, 0.29) is 27.5 Å². The molecule has 5 aromatic rings. The van der Waals surface area contributed by atoms with E-state index in [0.29, 0.717) is 0 Å². The van der Waals surface area contributed by atoms with Crippen molar-refractivity contribution in [3.05, 3.63) is 111 Å². The van der Waals surface area contributed by atoms with E-state index in [4.69, 9.17) is 4.98 Å². The summed E-state index contributed by atoms with van der Waals surface area (Å²) in [6.45, 7) is 0. The molecule has 0 aliphatic carbocycles. The van der Waals surface area contributed by atoms with Crippen LogP contribution in [-0.2, 0) is 20.1 Å². The predicted molar refractivity (Wildman–Crippen MR) is 115 cm³/mol. The van der Waals surface area contributed by atoms with Crippen LogP contribution in [0.3, 0.4) is 0 Å². The summed E-state index contributed by atoms with van der Waals surface area (Å²) in [6, 6.07) is 37.0. The zero-order valence-corrected chi connectivity index (χ0v) is 17.9. The molecule has 0 atom stereocenters. The average Bonchev–Trinajstić information content (AvgIpc) is 2.73. The Bertz CT molecular complexity index is 1230. The number of aromatic nitrogens is 1. The number of pyridine rings is 1. The van der Waals surface area contributed by atoms with Crippen LogP contribution in [0.4, 0.5) is 0 Å². The number of hydrogen-bond acceptors (Lipinski definition) is 1. The monoisotopic (exact) mass is 538 g/mol. The maximum atomic E-state index is 4.86. The molecule has 5 rings (SSSR count). The summed E-state index contributed by atoms with van der Waals surface area (Å²) in [5.74, 6) is 0. The molecule has 0 bridgehead atoms. The first-order valence-electron chi connectivity index (χ1n) is 8.74. The van der Waals surface area contributed by atoms with Crippen LogP contribution in [-0.4, -0.2) is 4.98 Å². The fourth-order valence-corrected chi connectivity index (χ4v) is 3.36. The molecule has 1 aromatic heterocycles. The second-order valence-corrected chi connectivity index (χ2v) is 6.45. The van der Waals surface area contributed by atoms with Gasteiger partial charge in [-0.25, -0.2) is 0 Å². The first-order chi connectivity index (χ1) is 12.9. The summed E-state index contributed by atoms with van der Waals surface area (Å²) < 4.78 is 0.